The molecule has 6 nitrogen and oxygen atoms in total. The van der Waals surface area contributed by atoms with E-state index in [0.717, 1.165) is 11.3 Å². The summed E-state index contributed by atoms with van der Waals surface area (Å²) in [6, 6.07) is 8.07. The highest BCUT2D eigenvalue weighted by Gasteiger charge is 2.30. The number of hydrogen-bond acceptors (Lipinski definition) is 3. The average Bonchev–Trinajstić information content (AvgIpc) is 3.32. The second-order valence-corrected chi connectivity index (χ2v) is 6.43. The number of carbonyl (C=O) groups excluding carboxylic acids is 1. The molecule has 0 radical (unpaired) electrons. The third-order valence-electron chi connectivity index (χ3n) is 4.89. The van der Waals surface area contributed by atoms with Gasteiger partial charge in [-0.15, -0.1) is 0 Å². The molecular weight excluding hydrogens is 333 g/mol. The standard InChI is InChI=1S/C19H20FN5O/c1-2-17(25-10-5-9-21-25)19(26)24-11-8-16-14(12-24)18(23-22-16)13-6-3-4-7-15(13)20/h3-7,9-10,17H,2,8,11-12H2,1H3,(H,22,23)/t17-/m1/s1. The normalized spacial score (nSPS) is 14.9. The van der Waals surface area contributed by atoms with Gasteiger partial charge in [0.25, 0.3) is 0 Å². The summed E-state index contributed by atoms with van der Waals surface area (Å²) >= 11 is 0. The van der Waals surface area contributed by atoms with Crippen LogP contribution in [0.3, 0.4) is 0 Å². The lowest BCUT2D eigenvalue weighted by Crippen LogP contribution is -2.40. The van der Waals surface area contributed by atoms with E-state index in [9.17, 15) is 9.18 Å². The Labute approximate surface area is 150 Å². The topological polar surface area (TPSA) is 66.8 Å². The minimum Gasteiger partial charge on any atom is -0.336 e. The minimum absolute atomic E-state index is 0.0301. The summed E-state index contributed by atoms with van der Waals surface area (Å²) in [4.78, 5) is 14.9. The number of benzene rings is 1. The van der Waals surface area contributed by atoms with Crippen LogP contribution in [-0.4, -0.2) is 37.3 Å². The second-order valence-electron chi connectivity index (χ2n) is 6.43. The van der Waals surface area contributed by atoms with Gasteiger partial charge in [-0.3, -0.25) is 14.6 Å². The fourth-order valence-corrected chi connectivity index (χ4v) is 3.51. The van der Waals surface area contributed by atoms with E-state index in [1.807, 2.05) is 24.1 Å². The van der Waals surface area contributed by atoms with Crippen LogP contribution in [0.15, 0.2) is 42.7 Å². The van der Waals surface area contributed by atoms with E-state index in [-0.39, 0.29) is 17.8 Å². The number of H-pyrrole nitrogens is 1. The Kier molecular flexibility index (Phi) is 4.28. The Balaban J connectivity index is 1.63. The summed E-state index contributed by atoms with van der Waals surface area (Å²) in [7, 11) is 0. The number of amides is 1. The van der Waals surface area contributed by atoms with E-state index in [2.05, 4.69) is 15.3 Å². The average molecular weight is 353 g/mol. The number of halogens is 1. The van der Waals surface area contributed by atoms with Crippen molar-refractivity contribution in [2.45, 2.75) is 32.4 Å². The first-order chi connectivity index (χ1) is 12.7. The monoisotopic (exact) mass is 353 g/mol. The Morgan fingerprint density at radius 2 is 2.19 bits per heavy atom. The molecular formula is C19H20FN5O. The highest BCUT2D eigenvalue weighted by Crippen LogP contribution is 2.31. The summed E-state index contributed by atoms with van der Waals surface area (Å²) in [5.74, 6) is -0.282. The van der Waals surface area contributed by atoms with Gasteiger partial charge in [-0.25, -0.2) is 4.39 Å². The number of fused-ring (bicyclic) bond motifs is 1. The first-order valence-corrected chi connectivity index (χ1v) is 8.78. The third kappa shape index (κ3) is 2.79. The lowest BCUT2D eigenvalue weighted by atomic mass is 10.00. The zero-order chi connectivity index (χ0) is 18.1. The van der Waals surface area contributed by atoms with Crippen molar-refractivity contribution < 1.29 is 9.18 Å². The zero-order valence-corrected chi connectivity index (χ0v) is 14.5. The Morgan fingerprint density at radius 1 is 1.35 bits per heavy atom. The predicted molar refractivity (Wildman–Crippen MR) is 94.7 cm³/mol. The summed E-state index contributed by atoms with van der Waals surface area (Å²) in [5.41, 5.74) is 2.91. The molecule has 7 heteroatoms. The van der Waals surface area contributed by atoms with Crippen LogP contribution in [-0.2, 0) is 17.8 Å². The molecule has 1 aliphatic heterocycles. The zero-order valence-electron chi connectivity index (χ0n) is 14.5. The van der Waals surface area contributed by atoms with Crippen LogP contribution in [0, 0.1) is 5.82 Å². The fraction of sp³-hybridized carbons (Fsp3) is 0.316. The molecule has 0 saturated carbocycles. The minimum atomic E-state index is -0.324. The molecule has 26 heavy (non-hydrogen) atoms. The molecule has 4 rings (SSSR count). The molecule has 1 amide bonds. The van der Waals surface area contributed by atoms with E-state index in [4.69, 9.17) is 0 Å². The van der Waals surface area contributed by atoms with E-state index in [1.165, 1.54) is 6.07 Å². The molecule has 134 valence electrons. The van der Waals surface area contributed by atoms with Crippen LogP contribution >= 0.6 is 0 Å². The van der Waals surface area contributed by atoms with Gasteiger partial charge in [-0.2, -0.15) is 10.2 Å². The van der Waals surface area contributed by atoms with Gasteiger partial charge < -0.3 is 4.90 Å². The number of carbonyl (C=O) groups is 1. The number of nitrogens with one attached hydrogen (secondary N) is 1. The molecule has 1 atom stereocenters. The van der Waals surface area contributed by atoms with Gasteiger partial charge in [0.2, 0.25) is 5.91 Å². The van der Waals surface area contributed by atoms with Gasteiger partial charge in [0.05, 0.1) is 0 Å². The van der Waals surface area contributed by atoms with Crippen LogP contribution in [0.4, 0.5) is 4.39 Å². The number of aromatic amines is 1. The number of rotatable bonds is 4. The Hall–Kier alpha value is -2.96. The van der Waals surface area contributed by atoms with Crippen molar-refractivity contribution in [2.75, 3.05) is 6.54 Å². The first kappa shape index (κ1) is 16.5. The van der Waals surface area contributed by atoms with E-state index in [0.29, 0.717) is 37.2 Å². The Bertz CT molecular complexity index is 918. The van der Waals surface area contributed by atoms with E-state index < -0.39 is 0 Å². The highest BCUT2D eigenvalue weighted by atomic mass is 19.1. The number of aromatic nitrogens is 4. The van der Waals surface area contributed by atoms with Crippen LogP contribution in [0.2, 0.25) is 0 Å². The van der Waals surface area contributed by atoms with Crippen molar-refractivity contribution in [2.24, 2.45) is 0 Å². The maximum absolute atomic E-state index is 14.2. The van der Waals surface area contributed by atoms with Crippen LogP contribution < -0.4 is 0 Å². The molecule has 0 spiro atoms. The molecule has 0 fully saturated rings. The molecule has 3 heterocycles. The maximum Gasteiger partial charge on any atom is 0.247 e. The van der Waals surface area contributed by atoms with Gasteiger partial charge in [0, 0.05) is 48.7 Å². The molecule has 0 unspecified atom stereocenters. The number of nitrogens with zero attached hydrogens (tertiary/aromatic N) is 4. The SMILES string of the molecule is CC[C@H](C(=O)N1CCc2[nH]nc(-c3ccccc3F)c2C1)n1cccn1. The molecule has 1 aliphatic rings. The van der Waals surface area contributed by atoms with Crippen molar-refractivity contribution >= 4 is 5.91 Å². The molecule has 1 aromatic carbocycles. The fourth-order valence-electron chi connectivity index (χ4n) is 3.51. The van der Waals surface area contributed by atoms with Crippen molar-refractivity contribution in [3.63, 3.8) is 0 Å². The quantitative estimate of drug-likeness (QED) is 0.784. The van der Waals surface area contributed by atoms with E-state index in [1.54, 1.807) is 29.1 Å². The van der Waals surface area contributed by atoms with Gasteiger partial charge in [-0.05, 0) is 24.6 Å². The lowest BCUT2D eigenvalue weighted by Gasteiger charge is -2.30. The third-order valence-corrected chi connectivity index (χ3v) is 4.89. The van der Waals surface area contributed by atoms with Crippen LogP contribution in [0.5, 0.6) is 0 Å². The molecule has 0 saturated heterocycles. The molecule has 0 aliphatic carbocycles. The van der Waals surface area contributed by atoms with Crippen LogP contribution in [0.25, 0.3) is 11.3 Å². The van der Waals surface area contributed by atoms with Crippen molar-refractivity contribution in [3.8, 4) is 11.3 Å². The summed E-state index contributed by atoms with van der Waals surface area (Å²) < 4.78 is 15.9. The summed E-state index contributed by atoms with van der Waals surface area (Å²) in [5, 5.41) is 11.5. The maximum atomic E-state index is 14.2. The molecule has 0 bridgehead atoms. The largest absolute Gasteiger partial charge is 0.336 e. The summed E-state index contributed by atoms with van der Waals surface area (Å²) in [6.07, 6.45) is 4.83. The molecule has 3 aromatic rings. The molecule has 2 aromatic heterocycles. The second kappa shape index (κ2) is 6.74. The smallest absolute Gasteiger partial charge is 0.247 e. The summed E-state index contributed by atoms with van der Waals surface area (Å²) in [6.45, 7) is 3.01. The first-order valence-electron chi connectivity index (χ1n) is 8.78. The lowest BCUT2D eigenvalue weighted by molar-refractivity contribution is -0.136. The van der Waals surface area contributed by atoms with E-state index >= 15 is 0 Å². The Morgan fingerprint density at radius 3 is 2.92 bits per heavy atom. The number of hydrogen-bond donors (Lipinski definition) is 1. The van der Waals surface area contributed by atoms with Crippen molar-refractivity contribution in [1.29, 1.82) is 0 Å². The van der Waals surface area contributed by atoms with Gasteiger partial charge in [0.1, 0.15) is 17.6 Å². The van der Waals surface area contributed by atoms with Crippen molar-refractivity contribution in [1.82, 2.24) is 24.9 Å². The van der Waals surface area contributed by atoms with Crippen LogP contribution in [0.1, 0.15) is 30.6 Å². The van der Waals surface area contributed by atoms with Gasteiger partial charge in [0.15, 0.2) is 0 Å². The van der Waals surface area contributed by atoms with Crippen molar-refractivity contribution in [3.05, 3.63) is 59.8 Å². The highest BCUT2D eigenvalue weighted by molar-refractivity contribution is 5.81. The molecule has 1 N–H and O–H groups in total. The van der Waals surface area contributed by atoms with Gasteiger partial charge in [-0.1, -0.05) is 19.1 Å². The predicted octanol–water partition coefficient (Wildman–Crippen LogP) is 2.95. The van der Waals surface area contributed by atoms with Gasteiger partial charge >= 0.3 is 0 Å².